The highest BCUT2D eigenvalue weighted by Gasteiger charge is 2.43. The van der Waals surface area contributed by atoms with Crippen LogP contribution < -0.4 is 26.6 Å². The molecule has 3 saturated heterocycles. The number of ether oxygens (including phenoxy) is 12. The number of nitriles is 1. The van der Waals surface area contributed by atoms with E-state index in [-0.39, 0.29) is 239 Å². The molecule has 5 amide bonds. The second-order valence-corrected chi connectivity index (χ2v) is 28.6. The normalized spacial score (nSPS) is 26.3. The van der Waals surface area contributed by atoms with Gasteiger partial charge >= 0.3 is 17.9 Å². The molecule has 0 aromatic carbocycles. The van der Waals surface area contributed by atoms with Crippen molar-refractivity contribution in [3.8, 4) is 6.07 Å². The Morgan fingerprint density at radius 3 is 1.18 bits per heavy atom. The molecular weight excluding hydrogens is 1310 g/mol. The van der Waals surface area contributed by atoms with E-state index >= 15 is 0 Å². The summed E-state index contributed by atoms with van der Waals surface area (Å²) in [5, 5.41) is 23.3. The maximum atomic E-state index is 14.1. The fraction of sp³-hybridized carbons (Fsp3) is 0.870. The zero-order valence-electron chi connectivity index (χ0n) is 62.0. The van der Waals surface area contributed by atoms with Crippen molar-refractivity contribution in [1.29, 1.82) is 5.26 Å². The molecule has 570 valence electrons. The molecule has 29 nitrogen and oxygen atoms in total. The number of hydrogen-bond acceptors (Lipinski definition) is 24. The van der Waals surface area contributed by atoms with E-state index in [1.807, 2.05) is 34.6 Å². The van der Waals surface area contributed by atoms with Gasteiger partial charge in [-0.25, -0.2) is 4.67 Å². The molecule has 99 heavy (non-hydrogen) atoms. The quantitative estimate of drug-likeness (QED) is 0.0153. The van der Waals surface area contributed by atoms with Crippen LogP contribution in [0.25, 0.3) is 0 Å². The van der Waals surface area contributed by atoms with Crippen LogP contribution in [0.2, 0.25) is 0 Å². The van der Waals surface area contributed by atoms with Gasteiger partial charge in [-0.15, -0.1) is 0 Å². The summed E-state index contributed by atoms with van der Waals surface area (Å²) in [6, 6.07) is 2.27. The van der Waals surface area contributed by atoms with E-state index in [4.69, 9.17) is 71.2 Å². The SMILES string of the molecule is CC(=O)OCC1O[C@@H](OCCCNC(=O)CCOCC(COCCC(=O)NCCCO[C@@H]2OC(COC(C)=O)[C@H](C)[C@H](C)C2C)(COCC(=O)NCCCO[C@@H]2OC(COC(C)=O)[C@H](C)[C@H](C)C2C)NC(=O)CC(=O)NCCCOP(OCCC#N)N(C(C)C)C(C)C)C(C)[C@@H](C)[C@H]1C. The van der Waals surface area contributed by atoms with Gasteiger partial charge in [0.15, 0.2) is 18.9 Å². The highest BCUT2D eigenvalue weighted by atomic mass is 31.2. The fourth-order valence-electron chi connectivity index (χ4n) is 11.7. The Kier molecular flexibility index (Phi) is 43.1. The zero-order chi connectivity index (χ0) is 73.6. The van der Waals surface area contributed by atoms with E-state index in [1.54, 1.807) is 0 Å². The van der Waals surface area contributed by atoms with E-state index in [9.17, 15) is 38.4 Å². The fourth-order valence-corrected chi connectivity index (χ4v) is 13.3. The predicted molar refractivity (Wildman–Crippen MR) is 365 cm³/mol. The molecule has 7 unspecified atom stereocenters. The minimum absolute atomic E-state index is 0.0494. The molecule has 3 rings (SSSR count). The van der Waals surface area contributed by atoms with Gasteiger partial charge in [0.25, 0.3) is 8.53 Å². The Morgan fingerprint density at radius 2 is 0.808 bits per heavy atom. The van der Waals surface area contributed by atoms with Gasteiger partial charge in [-0.05, 0) is 88.9 Å². The largest absolute Gasteiger partial charge is 0.463 e. The van der Waals surface area contributed by atoms with Gasteiger partial charge in [0.05, 0.1) is 96.9 Å². The molecule has 0 spiro atoms. The monoisotopic (exact) mass is 1430 g/mol. The van der Waals surface area contributed by atoms with Gasteiger partial charge in [-0.2, -0.15) is 5.26 Å². The number of esters is 3. The van der Waals surface area contributed by atoms with Gasteiger partial charge in [0.2, 0.25) is 29.5 Å². The zero-order valence-corrected chi connectivity index (χ0v) is 62.9. The second kappa shape index (κ2) is 48.2. The van der Waals surface area contributed by atoms with Crippen LogP contribution in [0.15, 0.2) is 0 Å². The Morgan fingerprint density at radius 1 is 0.455 bits per heavy atom. The number of hydrogen-bond donors (Lipinski definition) is 5. The Balaban J connectivity index is 1.72. The van der Waals surface area contributed by atoms with Crippen LogP contribution in [-0.4, -0.2) is 226 Å². The van der Waals surface area contributed by atoms with Crippen molar-refractivity contribution in [2.24, 2.45) is 53.3 Å². The average molecular weight is 1430 g/mol. The lowest BCUT2D eigenvalue weighted by Gasteiger charge is -2.43. The van der Waals surface area contributed by atoms with Crippen LogP contribution in [0, 0.1) is 64.6 Å². The molecule has 30 heteroatoms. The highest BCUT2D eigenvalue weighted by molar-refractivity contribution is 7.44. The first-order valence-electron chi connectivity index (χ1n) is 35.5. The van der Waals surface area contributed by atoms with Crippen LogP contribution in [0.3, 0.4) is 0 Å². The predicted octanol–water partition coefficient (Wildman–Crippen LogP) is 6.02. The topological polar surface area (TPSA) is 353 Å². The first-order chi connectivity index (χ1) is 47.0. The number of rotatable bonds is 49. The lowest BCUT2D eigenvalue weighted by Crippen LogP contribution is -2.59. The van der Waals surface area contributed by atoms with Crippen LogP contribution in [0.5, 0.6) is 0 Å². The summed E-state index contributed by atoms with van der Waals surface area (Å²) in [5.74, 6) is -2.40. The van der Waals surface area contributed by atoms with Crippen LogP contribution in [0.1, 0.15) is 162 Å². The molecule has 3 aliphatic heterocycles. The average Bonchev–Trinajstić information content (AvgIpc) is 0.829. The molecule has 16 atom stereocenters. The third-order valence-corrected chi connectivity index (χ3v) is 20.7. The van der Waals surface area contributed by atoms with Crippen molar-refractivity contribution in [3.63, 3.8) is 0 Å². The molecule has 0 aromatic rings. The molecule has 3 aliphatic rings. The van der Waals surface area contributed by atoms with Crippen molar-refractivity contribution in [2.75, 3.05) is 119 Å². The van der Waals surface area contributed by atoms with Crippen LogP contribution >= 0.6 is 8.53 Å². The van der Waals surface area contributed by atoms with Gasteiger partial charge in [-0.1, -0.05) is 62.3 Å². The highest BCUT2D eigenvalue weighted by Crippen LogP contribution is 2.46. The Hall–Kier alpha value is -4.80. The van der Waals surface area contributed by atoms with Crippen molar-refractivity contribution >= 4 is 56.0 Å². The maximum absolute atomic E-state index is 14.1. The molecule has 3 fully saturated rings. The van der Waals surface area contributed by atoms with Gasteiger partial charge in [0, 0.05) is 89.6 Å². The minimum atomic E-state index is -1.59. The van der Waals surface area contributed by atoms with E-state index in [0.717, 1.165) is 0 Å². The number of nitrogens with zero attached hydrogens (tertiary/aromatic N) is 2. The first-order valence-corrected chi connectivity index (χ1v) is 36.7. The molecule has 0 bridgehead atoms. The molecule has 3 heterocycles. The van der Waals surface area contributed by atoms with Crippen molar-refractivity contribution in [2.45, 2.75) is 217 Å². The van der Waals surface area contributed by atoms with E-state index in [2.05, 4.69) is 92.7 Å². The summed E-state index contributed by atoms with van der Waals surface area (Å²) >= 11 is 0. The van der Waals surface area contributed by atoms with Gasteiger partial charge in [0.1, 0.15) is 38.4 Å². The van der Waals surface area contributed by atoms with Crippen LogP contribution in [-0.2, 0) is 104 Å². The summed E-state index contributed by atoms with van der Waals surface area (Å²) < 4.78 is 85.2. The third-order valence-electron chi connectivity index (χ3n) is 18.6. The summed E-state index contributed by atoms with van der Waals surface area (Å²) in [6.07, 6.45) is -1.45. The molecule has 5 N–H and O–H groups in total. The molecule has 0 saturated carbocycles. The summed E-state index contributed by atoms with van der Waals surface area (Å²) in [6.45, 7) is 31.6. The Labute approximate surface area is 589 Å². The summed E-state index contributed by atoms with van der Waals surface area (Å²) in [7, 11) is -1.51. The number of amides is 5. The molecule has 0 radical (unpaired) electrons. The Bertz CT molecular complexity index is 2360. The van der Waals surface area contributed by atoms with Crippen molar-refractivity contribution in [1.82, 2.24) is 31.3 Å². The summed E-state index contributed by atoms with van der Waals surface area (Å²) in [4.78, 5) is 102. The van der Waals surface area contributed by atoms with Crippen molar-refractivity contribution < 1.29 is 104 Å². The van der Waals surface area contributed by atoms with Crippen LogP contribution in [0.4, 0.5) is 0 Å². The minimum Gasteiger partial charge on any atom is -0.463 e. The number of carbonyl (C=O) groups is 8. The van der Waals surface area contributed by atoms with E-state index in [1.165, 1.54) is 20.8 Å². The number of carbonyl (C=O) groups excluding carboxylic acids is 8. The third kappa shape index (κ3) is 33.9. The van der Waals surface area contributed by atoms with Gasteiger partial charge < -0.3 is 92.5 Å². The summed E-state index contributed by atoms with van der Waals surface area (Å²) in [5.41, 5.74) is -1.59. The first kappa shape index (κ1) is 88.4. The van der Waals surface area contributed by atoms with Crippen molar-refractivity contribution in [3.05, 3.63) is 0 Å². The van der Waals surface area contributed by atoms with E-state index in [0.29, 0.717) is 25.7 Å². The molecular formula is C69H122N7O22P. The maximum Gasteiger partial charge on any atom is 0.302 e. The van der Waals surface area contributed by atoms with E-state index < -0.39 is 69.7 Å². The lowest BCUT2D eigenvalue weighted by atomic mass is 9.79. The smallest absolute Gasteiger partial charge is 0.302 e. The molecule has 0 aromatic heterocycles. The lowest BCUT2D eigenvalue weighted by molar-refractivity contribution is -0.255. The van der Waals surface area contributed by atoms with Gasteiger partial charge in [-0.3, -0.25) is 38.4 Å². The standard InChI is InChI=1S/C69H122N7O22P/c1-44(2)76(45(3)4)99(94-32-17-24-70)95-33-21-28-73-63(82)36-64(83)75-69(43-87-40-65(84)74-27-20-31-90-68-54(13)48(7)51(10)60(98-68)39-93-57(16)79,41-85-34-22-61(80)71-25-18-29-88-66-52(11)46(5)49(8)58(96-66)37-91-55(14)77)42-86-35-23-62(81)72-26-19-30-89-67-53(12)47(6)50(9)59(97-67)38-92-56(15)78/h44-54,58-60,66-68H,17-23,25-43H2,1-16H3,(H,71,80)(H,72,81)(H,73,82)(H,74,84)(H,75,83)/t46-,47-,48-,49+,50+,51+,52?,53?,54?,58?,59?,60?,66+,67+,68+,69?,99?/m0/s1. The second-order valence-electron chi connectivity index (χ2n) is 27.2. The number of nitrogens with one attached hydrogen (secondary N) is 5. The molecule has 0 aliphatic carbocycles.